The molecule has 0 aliphatic heterocycles. The van der Waals surface area contributed by atoms with E-state index >= 15 is 0 Å². The van der Waals surface area contributed by atoms with Crippen molar-refractivity contribution in [1.82, 2.24) is 0 Å². The van der Waals surface area contributed by atoms with Crippen LogP contribution in [0.5, 0.6) is 0 Å². The first-order valence-electron chi connectivity index (χ1n) is 11.1. The summed E-state index contributed by atoms with van der Waals surface area (Å²) < 4.78 is 5.97. The number of aliphatic carboxylic acids is 1. The second-order valence-electron chi connectivity index (χ2n) is 8.81. The van der Waals surface area contributed by atoms with Gasteiger partial charge < -0.3 is 14.3 Å². The molecular weight excluding hydrogens is 354 g/mol. The van der Waals surface area contributed by atoms with Crippen molar-refractivity contribution in [2.24, 2.45) is 0 Å². The van der Waals surface area contributed by atoms with Gasteiger partial charge in [0.25, 0.3) is 0 Å². The number of quaternary nitrogens is 1. The van der Waals surface area contributed by atoms with Gasteiger partial charge in [-0.15, -0.1) is 0 Å². The van der Waals surface area contributed by atoms with Crippen molar-refractivity contribution >= 4 is 11.9 Å². The van der Waals surface area contributed by atoms with E-state index in [0.717, 1.165) is 25.7 Å². The molecule has 5 heteroatoms. The van der Waals surface area contributed by atoms with Crippen molar-refractivity contribution in [3.05, 3.63) is 12.2 Å². The number of hydrogen-bond acceptors (Lipinski definition) is 3. The molecule has 0 rings (SSSR count). The molecule has 164 valence electrons. The Hall–Kier alpha value is -1.36. The maximum absolute atomic E-state index is 12.0. The van der Waals surface area contributed by atoms with Crippen LogP contribution in [0.4, 0.5) is 0 Å². The maximum atomic E-state index is 12.0. The first-order valence-corrected chi connectivity index (χ1v) is 11.1. The fourth-order valence-corrected chi connectivity index (χ4v) is 3.18. The van der Waals surface area contributed by atoms with Crippen LogP contribution in [0.1, 0.15) is 90.4 Å². The predicted octanol–water partition coefficient (Wildman–Crippen LogP) is 5.34. The lowest BCUT2D eigenvalue weighted by Crippen LogP contribution is -2.43. The highest BCUT2D eigenvalue weighted by Gasteiger charge is 2.24. The van der Waals surface area contributed by atoms with Crippen LogP contribution >= 0.6 is 0 Å². The van der Waals surface area contributed by atoms with Crippen molar-refractivity contribution in [1.29, 1.82) is 0 Å². The van der Waals surface area contributed by atoms with Crippen molar-refractivity contribution < 1.29 is 23.9 Å². The van der Waals surface area contributed by atoms with Crippen molar-refractivity contribution in [2.75, 3.05) is 27.7 Å². The second kappa shape index (κ2) is 16.6. The smallest absolute Gasteiger partial charge is 0.307 e. The molecule has 0 aliphatic carbocycles. The average molecular weight is 399 g/mol. The van der Waals surface area contributed by atoms with E-state index in [-0.39, 0.29) is 12.4 Å². The average Bonchev–Trinajstić information content (AvgIpc) is 2.56. The van der Waals surface area contributed by atoms with Crippen molar-refractivity contribution in [3.63, 3.8) is 0 Å². The highest BCUT2D eigenvalue weighted by molar-refractivity contribution is 5.71. The molecule has 1 N–H and O–H groups in total. The lowest BCUT2D eigenvalue weighted by molar-refractivity contribution is -0.873. The number of ether oxygens (including phenoxy) is 1. The van der Waals surface area contributed by atoms with Gasteiger partial charge in [-0.05, 0) is 32.1 Å². The van der Waals surface area contributed by atoms with Gasteiger partial charge in [0, 0.05) is 6.42 Å². The topological polar surface area (TPSA) is 63.6 Å². The van der Waals surface area contributed by atoms with Crippen LogP contribution in [0, 0.1) is 0 Å². The van der Waals surface area contributed by atoms with Gasteiger partial charge in [-0.2, -0.15) is 0 Å². The number of carbonyl (C=O) groups excluding carboxylic acids is 1. The highest BCUT2D eigenvalue weighted by atomic mass is 16.5. The zero-order valence-electron chi connectivity index (χ0n) is 18.8. The third-order valence-corrected chi connectivity index (χ3v) is 4.59. The van der Waals surface area contributed by atoms with Gasteiger partial charge in [0.15, 0.2) is 6.10 Å². The number of unbranched alkanes of at least 4 members (excludes halogenated alkanes) is 9. The molecule has 0 amide bonds. The molecule has 0 heterocycles. The number of esters is 1. The lowest BCUT2D eigenvalue weighted by atomic mass is 10.1. The molecule has 0 aromatic rings. The summed E-state index contributed by atoms with van der Waals surface area (Å²) in [5, 5.41) is 8.99. The zero-order valence-corrected chi connectivity index (χ0v) is 18.8. The van der Waals surface area contributed by atoms with E-state index in [1.54, 1.807) is 0 Å². The van der Waals surface area contributed by atoms with Crippen LogP contribution in [0.25, 0.3) is 0 Å². The number of carbonyl (C=O) groups is 2. The van der Waals surface area contributed by atoms with Crippen LogP contribution in [0.15, 0.2) is 12.2 Å². The van der Waals surface area contributed by atoms with E-state index in [2.05, 4.69) is 19.1 Å². The van der Waals surface area contributed by atoms with Gasteiger partial charge in [0.2, 0.25) is 0 Å². The van der Waals surface area contributed by atoms with Gasteiger partial charge in [-0.25, -0.2) is 0 Å². The Morgan fingerprint density at radius 2 is 1.43 bits per heavy atom. The van der Waals surface area contributed by atoms with Gasteiger partial charge in [-0.1, -0.05) is 57.6 Å². The molecule has 0 saturated carbocycles. The van der Waals surface area contributed by atoms with Gasteiger partial charge in [0.1, 0.15) is 6.54 Å². The minimum absolute atomic E-state index is 0.132. The monoisotopic (exact) mass is 398 g/mol. The third-order valence-electron chi connectivity index (χ3n) is 4.59. The second-order valence-corrected chi connectivity index (χ2v) is 8.81. The summed E-state index contributed by atoms with van der Waals surface area (Å²) in [7, 11) is 5.89. The molecular formula is C23H44NO4+. The SMILES string of the molecule is CCCCCC/C=C\CCCCCCCC(=O)O[C@H](CC(=O)O)C[N+](C)(C)C. The third kappa shape index (κ3) is 19.4. The summed E-state index contributed by atoms with van der Waals surface area (Å²) in [5.74, 6) is -1.20. The zero-order chi connectivity index (χ0) is 21.3. The molecule has 28 heavy (non-hydrogen) atoms. The number of rotatable bonds is 18. The molecule has 0 spiro atoms. The molecule has 0 radical (unpaired) electrons. The quantitative estimate of drug-likeness (QED) is 0.147. The first-order chi connectivity index (χ1) is 13.2. The Morgan fingerprint density at radius 3 is 1.96 bits per heavy atom. The van der Waals surface area contributed by atoms with Gasteiger partial charge in [-0.3, -0.25) is 9.59 Å². The molecule has 0 bridgehead atoms. The van der Waals surface area contributed by atoms with Crippen molar-refractivity contribution in [2.45, 2.75) is 96.5 Å². The summed E-state index contributed by atoms with van der Waals surface area (Å²) in [5.41, 5.74) is 0. The first kappa shape index (κ1) is 26.6. The molecule has 0 aliphatic rings. The largest absolute Gasteiger partial charge is 0.481 e. The number of allylic oxidation sites excluding steroid dienone is 2. The fourth-order valence-electron chi connectivity index (χ4n) is 3.18. The molecule has 0 aromatic heterocycles. The van der Waals surface area contributed by atoms with Crippen molar-refractivity contribution in [3.8, 4) is 0 Å². The van der Waals surface area contributed by atoms with Crippen LogP contribution in [-0.2, 0) is 14.3 Å². The van der Waals surface area contributed by atoms with Crippen LogP contribution in [-0.4, -0.2) is 55.3 Å². The highest BCUT2D eigenvalue weighted by Crippen LogP contribution is 2.11. The van der Waals surface area contributed by atoms with Crippen LogP contribution in [0.3, 0.4) is 0 Å². The minimum Gasteiger partial charge on any atom is -0.481 e. The Kier molecular flexibility index (Phi) is 15.8. The summed E-state index contributed by atoms with van der Waals surface area (Å²) >= 11 is 0. The maximum Gasteiger partial charge on any atom is 0.307 e. The Balaban J connectivity index is 3.72. The Morgan fingerprint density at radius 1 is 0.893 bits per heavy atom. The van der Waals surface area contributed by atoms with E-state index in [0.29, 0.717) is 17.4 Å². The summed E-state index contributed by atoms with van der Waals surface area (Å²) in [4.78, 5) is 23.0. The summed E-state index contributed by atoms with van der Waals surface area (Å²) in [6.07, 6.45) is 17.3. The van der Waals surface area contributed by atoms with Gasteiger partial charge in [0.05, 0.1) is 27.6 Å². The fraction of sp³-hybridized carbons (Fsp3) is 0.826. The summed E-state index contributed by atoms with van der Waals surface area (Å²) in [6.45, 7) is 2.74. The number of likely N-dealkylation sites (N-methyl/N-ethyl adjacent to an activating group) is 1. The lowest BCUT2D eigenvalue weighted by Gasteiger charge is -2.28. The molecule has 0 unspecified atom stereocenters. The van der Waals surface area contributed by atoms with Gasteiger partial charge >= 0.3 is 11.9 Å². The molecule has 0 aromatic carbocycles. The number of nitrogens with zero attached hydrogens (tertiary/aromatic N) is 1. The Bertz CT molecular complexity index is 440. The van der Waals surface area contributed by atoms with Crippen LogP contribution in [0.2, 0.25) is 0 Å². The normalized spacial score (nSPS) is 13.0. The molecule has 0 fully saturated rings. The standard InChI is InChI=1S/C23H43NO4/c1-5-6-7-8-9-10-11-12-13-14-15-16-17-18-23(27)28-21(19-22(25)26)20-24(2,3)4/h10-11,21H,5-9,12-20H2,1-4H3/p+1/b11-10-/t21-/m1/s1. The Labute approximate surface area is 172 Å². The molecule has 1 atom stereocenters. The van der Waals surface area contributed by atoms with E-state index in [4.69, 9.17) is 9.84 Å². The molecule has 0 saturated heterocycles. The number of carboxylic acid groups (broad SMARTS) is 1. The molecule has 5 nitrogen and oxygen atoms in total. The minimum atomic E-state index is -0.929. The van der Waals surface area contributed by atoms with Crippen LogP contribution < -0.4 is 0 Å². The van der Waals surface area contributed by atoms with E-state index in [1.807, 2.05) is 21.1 Å². The number of hydrogen-bond donors (Lipinski definition) is 1. The van der Waals surface area contributed by atoms with E-state index in [1.165, 1.54) is 44.9 Å². The predicted molar refractivity (Wildman–Crippen MR) is 115 cm³/mol. The van der Waals surface area contributed by atoms with E-state index < -0.39 is 12.1 Å². The van der Waals surface area contributed by atoms with E-state index in [9.17, 15) is 9.59 Å². The summed E-state index contributed by atoms with van der Waals surface area (Å²) in [6, 6.07) is 0. The number of carboxylic acids is 1.